The van der Waals surface area contributed by atoms with Crippen molar-refractivity contribution in [2.75, 3.05) is 6.56 Å². The van der Waals surface area contributed by atoms with Crippen LogP contribution >= 0.6 is 15.9 Å². The first kappa shape index (κ1) is 3.17. The van der Waals surface area contributed by atoms with Gasteiger partial charge in [0.2, 0.25) is 5.88 Å². The molecule has 3 nitrogen and oxygen atoms in total. The van der Waals surface area contributed by atoms with Crippen molar-refractivity contribution >= 4 is 15.9 Å². The minimum atomic E-state index is -2.87. The molecule has 54 valence electrons. The molecule has 0 aromatic carbocycles. The van der Waals surface area contributed by atoms with Crippen molar-refractivity contribution in [2.45, 2.75) is 6.85 Å². The molecule has 0 saturated carbocycles. The number of hydrogen-bond acceptors (Lipinski definition) is 3. The summed E-state index contributed by atoms with van der Waals surface area (Å²) in [6.07, 6.45) is 2.42. The Labute approximate surface area is 74.6 Å². The summed E-state index contributed by atoms with van der Waals surface area (Å²) in [6, 6.07) is 0. The summed E-state index contributed by atoms with van der Waals surface area (Å²) in [6.45, 7) is -5.66. The van der Waals surface area contributed by atoms with Crippen molar-refractivity contribution in [3.05, 3.63) is 17.0 Å². The molecule has 0 bridgehead atoms. The fourth-order valence-corrected chi connectivity index (χ4v) is 0.610. The fraction of sp³-hybridized carbons (Fsp3) is 0.333. The van der Waals surface area contributed by atoms with E-state index in [9.17, 15) is 0 Å². The van der Waals surface area contributed by atoms with Gasteiger partial charge in [0.05, 0.1) is 21.7 Å². The maximum absolute atomic E-state index is 7.17. The highest BCUT2D eigenvalue weighted by atomic mass is 79.9. The third-order valence-corrected chi connectivity index (χ3v) is 1.16. The van der Waals surface area contributed by atoms with Crippen LogP contribution in [0.3, 0.4) is 0 Å². The highest BCUT2D eigenvalue weighted by molar-refractivity contribution is 9.10. The lowest BCUT2D eigenvalue weighted by Gasteiger charge is -1.98. The molecule has 0 unspecified atom stereocenters. The van der Waals surface area contributed by atoms with Crippen LogP contribution in [-0.4, -0.2) is 16.5 Å². The second-order valence-electron chi connectivity index (χ2n) is 1.38. The van der Waals surface area contributed by atoms with Crippen molar-refractivity contribution in [3.63, 3.8) is 0 Å². The third kappa shape index (κ3) is 1.95. The van der Waals surface area contributed by atoms with Gasteiger partial charge in [-0.3, -0.25) is 0 Å². The van der Waals surface area contributed by atoms with Crippen LogP contribution in [-0.2, 0) is 0 Å². The topological polar surface area (TPSA) is 35.0 Å². The van der Waals surface area contributed by atoms with E-state index in [1.165, 1.54) is 6.20 Å². The molecule has 0 radical (unpaired) electrons. The van der Waals surface area contributed by atoms with Crippen LogP contribution in [0.15, 0.2) is 17.0 Å². The van der Waals surface area contributed by atoms with Crippen LogP contribution in [0.2, 0.25) is 0 Å². The Balaban J connectivity index is 2.82. The van der Waals surface area contributed by atoms with Crippen molar-refractivity contribution in [1.82, 2.24) is 9.97 Å². The van der Waals surface area contributed by atoms with E-state index in [4.69, 9.17) is 6.85 Å². The third-order valence-electron chi connectivity index (χ3n) is 0.752. The molecule has 0 atom stereocenters. The standard InChI is InChI=1S/C6H7BrN2O/c1-2-10-6-4-8-5(7)3-9-6/h3-4H,2H2,1H3/i1D3,2D2. The molecule has 0 N–H and O–H groups in total. The molecule has 1 rings (SSSR count). The van der Waals surface area contributed by atoms with E-state index in [0.29, 0.717) is 4.60 Å². The Morgan fingerprint density at radius 3 is 3.30 bits per heavy atom. The first-order chi connectivity index (χ1) is 6.72. The van der Waals surface area contributed by atoms with E-state index in [-0.39, 0.29) is 5.88 Å². The van der Waals surface area contributed by atoms with Crippen LogP contribution in [0.25, 0.3) is 0 Å². The lowest BCUT2D eigenvalue weighted by atomic mass is 10.7. The molecule has 1 heterocycles. The van der Waals surface area contributed by atoms with Crippen molar-refractivity contribution in [1.29, 1.82) is 0 Å². The van der Waals surface area contributed by atoms with Gasteiger partial charge in [0.1, 0.15) is 4.60 Å². The minimum absolute atomic E-state index is 0.181. The average molecular weight is 208 g/mol. The van der Waals surface area contributed by atoms with Gasteiger partial charge in [0.25, 0.3) is 0 Å². The maximum atomic E-state index is 7.17. The van der Waals surface area contributed by atoms with Gasteiger partial charge in [-0.25, -0.2) is 9.97 Å². The highest BCUT2D eigenvalue weighted by Gasteiger charge is 1.92. The summed E-state index contributed by atoms with van der Waals surface area (Å²) in [5.41, 5.74) is 0. The lowest BCUT2D eigenvalue weighted by Crippen LogP contribution is -1.94. The zero-order valence-electron chi connectivity index (χ0n) is 9.84. The second kappa shape index (κ2) is 3.51. The van der Waals surface area contributed by atoms with E-state index >= 15 is 0 Å². The van der Waals surface area contributed by atoms with Gasteiger partial charge < -0.3 is 4.74 Å². The molecular weight excluding hydrogens is 196 g/mol. The van der Waals surface area contributed by atoms with Gasteiger partial charge in [-0.2, -0.15) is 0 Å². The van der Waals surface area contributed by atoms with Crippen LogP contribution in [0.4, 0.5) is 0 Å². The molecule has 0 amide bonds. The summed E-state index contributed by atoms with van der Waals surface area (Å²) in [5, 5.41) is 0. The molecule has 0 aliphatic heterocycles. The first-order valence-corrected chi connectivity index (χ1v) is 3.18. The van der Waals surface area contributed by atoms with Gasteiger partial charge in [-0.05, 0) is 22.8 Å². The average Bonchev–Trinajstić information content (AvgIpc) is 2.06. The lowest BCUT2D eigenvalue weighted by molar-refractivity contribution is 0.325. The van der Waals surface area contributed by atoms with Gasteiger partial charge >= 0.3 is 0 Å². The number of nitrogens with zero attached hydrogens (tertiary/aromatic N) is 2. The number of halogens is 1. The minimum Gasteiger partial charge on any atom is -0.477 e. The molecule has 0 aliphatic rings. The second-order valence-corrected chi connectivity index (χ2v) is 2.19. The predicted octanol–water partition coefficient (Wildman–Crippen LogP) is 1.64. The monoisotopic (exact) mass is 207 g/mol. The molecule has 0 spiro atoms. The van der Waals surface area contributed by atoms with E-state index in [1.807, 2.05) is 0 Å². The molecule has 10 heavy (non-hydrogen) atoms. The Bertz CT molecular complexity index is 338. The molecule has 0 aliphatic carbocycles. The number of aromatic nitrogens is 2. The zero-order valence-corrected chi connectivity index (χ0v) is 6.42. The first-order valence-electron chi connectivity index (χ1n) is 4.89. The molecule has 1 aromatic rings. The van der Waals surface area contributed by atoms with Crippen molar-refractivity contribution in [2.24, 2.45) is 0 Å². The molecule has 0 saturated heterocycles. The zero-order chi connectivity index (χ0) is 11.7. The van der Waals surface area contributed by atoms with Crippen LogP contribution < -0.4 is 4.74 Å². The summed E-state index contributed by atoms with van der Waals surface area (Å²) >= 11 is 3.03. The quantitative estimate of drug-likeness (QED) is 0.740. The number of rotatable bonds is 2. The maximum Gasteiger partial charge on any atom is 0.232 e. The largest absolute Gasteiger partial charge is 0.477 e. The van der Waals surface area contributed by atoms with Gasteiger partial charge in [-0.15, -0.1) is 0 Å². The predicted molar refractivity (Wildman–Crippen MR) is 40.9 cm³/mol. The van der Waals surface area contributed by atoms with Gasteiger partial charge in [0, 0.05) is 4.11 Å². The smallest absolute Gasteiger partial charge is 0.232 e. The van der Waals surface area contributed by atoms with Crippen molar-refractivity contribution in [3.8, 4) is 5.88 Å². The van der Waals surface area contributed by atoms with Crippen LogP contribution in [0.1, 0.15) is 13.7 Å². The summed E-state index contributed by atoms with van der Waals surface area (Å²) in [4.78, 5) is 7.38. The summed E-state index contributed by atoms with van der Waals surface area (Å²) in [5.74, 6) is -0.181. The molecule has 0 fully saturated rings. The van der Waals surface area contributed by atoms with E-state index in [0.717, 1.165) is 6.20 Å². The Hall–Kier alpha value is -0.640. The summed E-state index contributed by atoms with van der Waals surface area (Å²) in [7, 11) is 0. The van der Waals surface area contributed by atoms with E-state index in [2.05, 4.69) is 30.6 Å². The van der Waals surface area contributed by atoms with Crippen LogP contribution in [0.5, 0.6) is 5.88 Å². The SMILES string of the molecule is [2H]C([2H])([2H])C([2H])([2H])Oc1cnc(Br)cn1. The Morgan fingerprint density at radius 2 is 2.70 bits per heavy atom. The van der Waals surface area contributed by atoms with Crippen molar-refractivity contribution < 1.29 is 11.6 Å². The Morgan fingerprint density at radius 1 is 1.80 bits per heavy atom. The van der Waals surface area contributed by atoms with Gasteiger partial charge in [0.15, 0.2) is 0 Å². The Kier molecular flexibility index (Phi) is 1.11. The van der Waals surface area contributed by atoms with Gasteiger partial charge in [-0.1, -0.05) is 0 Å². The molecular formula is C6H7BrN2O. The normalized spacial score (nSPS) is 19.5. The molecule has 4 heteroatoms. The molecule has 1 aromatic heterocycles. The highest BCUT2D eigenvalue weighted by Crippen LogP contribution is 2.07. The van der Waals surface area contributed by atoms with Crippen LogP contribution in [0, 0.1) is 0 Å². The summed E-state index contributed by atoms with van der Waals surface area (Å²) < 4.78 is 40.1. The van der Waals surface area contributed by atoms with E-state index in [1.54, 1.807) is 0 Å². The number of ether oxygens (including phenoxy) is 1. The number of hydrogen-bond donors (Lipinski definition) is 0. The fourth-order valence-electron chi connectivity index (χ4n) is 0.405. The van der Waals surface area contributed by atoms with E-state index < -0.39 is 13.4 Å².